The van der Waals surface area contributed by atoms with Crippen molar-refractivity contribution in [1.82, 2.24) is 9.78 Å². The summed E-state index contributed by atoms with van der Waals surface area (Å²) in [4.78, 5) is 30.0. The van der Waals surface area contributed by atoms with Crippen LogP contribution in [0.2, 0.25) is 0 Å². The van der Waals surface area contributed by atoms with Gasteiger partial charge >= 0.3 is 6.09 Å². The van der Waals surface area contributed by atoms with E-state index in [1.807, 2.05) is 46.0 Å². The number of aryl methyl sites for hydroxylation is 3. The molecule has 1 atom stereocenters. The third kappa shape index (κ3) is 4.45. The predicted molar refractivity (Wildman–Crippen MR) is 123 cm³/mol. The second-order valence-corrected chi connectivity index (χ2v) is 8.71. The summed E-state index contributed by atoms with van der Waals surface area (Å²) < 4.78 is 7.02. The summed E-state index contributed by atoms with van der Waals surface area (Å²) in [6.45, 7) is 12.9. The lowest BCUT2D eigenvalue weighted by molar-refractivity contribution is 0.0972. The van der Waals surface area contributed by atoms with Crippen LogP contribution in [0.15, 0.2) is 18.2 Å². The number of carbonyl (C=O) groups excluding carboxylic acids is 2. The molecule has 3 rings (SSSR count). The second kappa shape index (κ2) is 9.12. The number of nitrogens with zero attached hydrogens (tertiary/aromatic N) is 4. The first kappa shape index (κ1) is 22.8. The third-order valence-corrected chi connectivity index (χ3v) is 5.85. The lowest BCUT2D eigenvalue weighted by Gasteiger charge is -2.42. The molecule has 0 N–H and O–H groups in total. The number of hydrogen-bond acceptors (Lipinski definition) is 4. The fraction of sp³-hybridized carbons (Fsp3) is 0.542. The van der Waals surface area contributed by atoms with E-state index in [2.05, 4.69) is 18.9 Å². The smallest absolute Gasteiger partial charge is 0.414 e. The summed E-state index contributed by atoms with van der Waals surface area (Å²) in [6.07, 6.45) is 1.16. The largest absolute Gasteiger partial charge is 0.449 e. The Hall–Kier alpha value is -2.83. The Kier molecular flexibility index (Phi) is 6.72. The standard InChI is InChI=1S/C24H34N4O3/c1-8-19-14-27(23(29)22-13-18(10-15(3)4)25-26(22)7)20-11-16(5)17(6)12-21(20)28(19)24(30)31-9-2/h11-13,15,19H,8-10,14H2,1-7H3. The van der Waals surface area contributed by atoms with Crippen molar-refractivity contribution in [3.8, 4) is 0 Å². The van der Waals surface area contributed by atoms with E-state index in [-0.39, 0.29) is 18.0 Å². The molecule has 1 aromatic carbocycles. The highest BCUT2D eigenvalue weighted by molar-refractivity contribution is 6.09. The van der Waals surface area contributed by atoms with Crippen molar-refractivity contribution >= 4 is 23.4 Å². The van der Waals surface area contributed by atoms with E-state index >= 15 is 0 Å². The molecule has 1 aromatic heterocycles. The quantitative estimate of drug-likeness (QED) is 0.699. The van der Waals surface area contributed by atoms with Crippen LogP contribution < -0.4 is 9.80 Å². The highest BCUT2D eigenvalue weighted by Gasteiger charge is 2.38. The Balaban J connectivity index is 2.08. The van der Waals surface area contributed by atoms with Crippen molar-refractivity contribution in [2.45, 2.75) is 60.4 Å². The van der Waals surface area contributed by atoms with E-state index in [1.165, 1.54) is 0 Å². The van der Waals surface area contributed by atoms with Crippen molar-refractivity contribution in [2.24, 2.45) is 13.0 Å². The van der Waals surface area contributed by atoms with Crippen LogP contribution in [0.3, 0.4) is 0 Å². The van der Waals surface area contributed by atoms with Crippen molar-refractivity contribution in [3.05, 3.63) is 40.7 Å². The summed E-state index contributed by atoms with van der Waals surface area (Å²) >= 11 is 0. The monoisotopic (exact) mass is 426 g/mol. The molecule has 0 saturated carbocycles. The third-order valence-electron chi connectivity index (χ3n) is 5.85. The molecule has 0 saturated heterocycles. The topological polar surface area (TPSA) is 67.7 Å². The molecule has 2 heterocycles. The van der Waals surface area contributed by atoms with Gasteiger partial charge in [0.2, 0.25) is 0 Å². The van der Waals surface area contributed by atoms with Gasteiger partial charge in [0.15, 0.2) is 0 Å². The molecular weight excluding hydrogens is 392 g/mol. The maximum absolute atomic E-state index is 13.7. The highest BCUT2D eigenvalue weighted by atomic mass is 16.6. The fourth-order valence-electron chi connectivity index (χ4n) is 4.11. The summed E-state index contributed by atoms with van der Waals surface area (Å²) in [5.74, 6) is 0.360. The van der Waals surface area contributed by atoms with Crippen LogP contribution in [0.1, 0.15) is 61.4 Å². The van der Waals surface area contributed by atoms with Gasteiger partial charge in [-0.3, -0.25) is 14.4 Å². The Labute approximate surface area is 185 Å². The van der Waals surface area contributed by atoms with Gasteiger partial charge in [0.1, 0.15) is 5.69 Å². The molecule has 1 unspecified atom stereocenters. The summed E-state index contributed by atoms with van der Waals surface area (Å²) in [5, 5.41) is 4.55. The zero-order chi connectivity index (χ0) is 22.9. The molecule has 1 aliphatic heterocycles. The number of ether oxygens (including phenoxy) is 1. The molecule has 0 spiro atoms. The molecule has 2 aromatic rings. The molecule has 31 heavy (non-hydrogen) atoms. The summed E-state index contributed by atoms with van der Waals surface area (Å²) in [7, 11) is 1.81. The van der Waals surface area contributed by atoms with Gasteiger partial charge in [-0.15, -0.1) is 0 Å². The number of amides is 2. The lowest BCUT2D eigenvalue weighted by Crippen LogP contribution is -2.53. The zero-order valence-electron chi connectivity index (χ0n) is 19.7. The van der Waals surface area contributed by atoms with Crippen LogP contribution >= 0.6 is 0 Å². The number of carbonyl (C=O) groups is 2. The van der Waals surface area contributed by atoms with E-state index in [0.717, 1.165) is 34.6 Å². The summed E-state index contributed by atoms with van der Waals surface area (Å²) in [5.41, 5.74) is 5.06. The number of hydrogen-bond donors (Lipinski definition) is 0. The van der Waals surface area contributed by atoms with Gasteiger partial charge in [0.05, 0.1) is 29.7 Å². The molecule has 7 heteroatoms. The average Bonchev–Trinajstić information content (AvgIpc) is 3.06. The Morgan fingerprint density at radius 3 is 2.35 bits per heavy atom. The molecule has 2 amide bonds. The summed E-state index contributed by atoms with van der Waals surface area (Å²) in [6, 6.07) is 5.70. The minimum atomic E-state index is -0.370. The molecule has 0 radical (unpaired) electrons. The number of anilines is 2. The molecule has 7 nitrogen and oxygen atoms in total. The number of aromatic nitrogens is 2. The van der Waals surface area contributed by atoms with Gasteiger partial charge in [-0.1, -0.05) is 20.8 Å². The van der Waals surface area contributed by atoms with Crippen LogP contribution in [0.4, 0.5) is 16.2 Å². The first-order valence-corrected chi connectivity index (χ1v) is 11.1. The van der Waals surface area contributed by atoms with Gasteiger partial charge in [-0.2, -0.15) is 5.10 Å². The molecule has 1 aliphatic rings. The molecule has 168 valence electrons. The van der Waals surface area contributed by atoms with Gasteiger partial charge < -0.3 is 9.64 Å². The molecular formula is C24H34N4O3. The van der Waals surface area contributed by atoms with E-state index in [0.29, 0.717) is 31.2 Å². The zero-order valence-corrected chi connectivity index (χ0v) is 19.7. The van der Waals surface area contributed by atoms with Gasteiger partial charge in [0.25, 0.3) is 5.91 Å². The van der Waals surface area contributed by atoms with Gasteiger partial charge in [0, 0.05) is 13.6 Å². The molecule has 0 aliphatic carbocycles. The Morgan fingerprint density at radius 1 is 1.13 bits per heavy atom. The second-order valence-electron chi connectivity index (χ2n) is 8.71. The molecule has 0 bridgehead atoms. The van der Waals surface area contributed by atoms with Crippen molar-refractivity contribution < 1.29 is 14.3 Å². The van der Waals surface area contributed by atoms with Crippen LogP contribution in [-0.4, -0.2) is 41.0 Å². The van der Waals surface area contributed by atoms with Gasteiger partial charge in [-0.05, 0) is 68.9 Å². The van der Waals surface area contributed by atoms with Crippen LogP contribution in [0, 0.1) is 19.8 Å². The molecule has 0 fully saturated rings. The van der Waals surface area contributed by atoms with Crippen LogP contribution in [0.5, 0.6) is 0 Å². The van der Waals surface area contributed by atoms with E-state index in [4.69, 9.17) is 4.74 Å². The number of fused-ring (bicyclic) bond motifs is 1. The lowest BCUT2D eigenvalue weighted by atomic mass is 10.00. The van der Waals surface area contributed by atoms with E-state index < -0.39 is 0 Å². The van der Waals surface area contributed by atoms with E-state index in [9.17, 15) is 9.59 Å². The highest BCUT2D eigenvalue weighted by Crippen LogP contribution is 2.39. The van der Waals surface area contributed by atoms with Crippen LogP contribution in [-0.2, 0) is 18.2 Å². The van der Waals surface area contributed by atoms with E-state index in [1.54, 1.807) is 21.4 Å². The van der Waals surface area contributed by atoms with Crippen molar-refractivity contribution in [3.63, 3.8) is 0 Å². The van der Waals surface area contributed by atoms with Crippen molar-refractivity contribution in [1.29, 1.82) is 0 Å². The van der Waals surface area contributed by atoms with Crippen molar-refractivity contribution in [2.75, 3.05) is 23.0 Å². The maximum Gasteiger partial charge on any atom is 0.414 e. The minimum Gasteiger partial charge on any atom is -0.449 e. The Bertz CT molecular complexity index is 979. The number of benzene rings is 1. The fourth-order valence-corrected chi connectivity index (χ4v) is 4.11. The first-order valence-electron chi connectivity index (χ1n) is 11.1. The first-order chi connectivity index (χ1) is 14.7. The maximum atomic E-state index is 13.7. The van der Waals surface area contributed by atoms with Crippen LogP contribution in [0.25, 0.3) is 0 Å². The predicted octanol–water partition coefficient (Wildman–Crippen LogP) is 4.64. The number of rotatable bonds is 5. The minimum absolute atomic E-state index is 0.100. The average molecular weight is 427 g/mol. The SMILES string of the molecule is CCOC(=O)N1c2cc(C)c(C)cc2N(C(=O)c2cc(CC(C)C)nn2C)CC1CC. The Morgan fingerprint density at radius 2 is 1.77 bits per heavy atom. The normalized spacial score (nSPS) is 15.9. The van der Waals surface area contributed by atoms with Gasteiger partial charge in [-0.25, -0.2) is 4.79 Å².